The first-order valence-electron chi connectivity index (χ1n) is 12.6. The van der Waals surface area contributed by atoms with Crippen LogP contribution in [0.25, 0.3) is 33.4 Å². The molecule has 1 amide bonds. The number of anilines is 1. The minimum Gasteiger partial charge on any atom is -0.465 e. The minimum absolute atomic E-state index is 0.294. The number of carbonyl (C=O) groups is 2. The third kappa shape index (κ3) is 5.31. The molecule has 0 aliphatic rings. The molecule has 1 N–H and O–H groups in total. The molecular formula is C32H27FN2O4S. The molecule has 6 nitrogen and oxygen atoms in total. The van der Waals surface area contributed by atoms with Gasteiger partial charge < -0.3 is 18.8 Å². The monoisotopic (exact) mass is 554 g/mol. The molecular weight excluding hydrogens is 527 g/mol. The van der Waals surface area contributed by atoms with Crippen molar-refractivity contribution >= 4 is 40.5 Å². The predicted octanol–water partition coefficient (Wildman–Crippen LogP) is 7.34. The second-order valence-electron chi connectivity index (χ2n) is 9.03. The third-order valence-electron chi connectivity index (χ3n) is 6.64. The Kier molecular flexibility index (Phi) is 7.89. The van der Waals surface area contributed by atoms with Gasteiger partial charge in [0, 0.05) is 35.9 Å². The van der Waals surface area contributed by atoms with Crippen LogP contribution in [0.3, 0.4) is 0 Å². The first-order valence-corrected chi connectivity index (χ1v) is 13.7. The summed E-state index contributed by atoms with van der Waals surface area (Å²) in [4.78, 5) is 25.0. The summed E-state index contributed by atoms with van der Waals surface area (Å²) >= 11 is 1.55. The Bertz CT molecular complexity index is 1670. The van der Waals surface area contributed by atoms with Gasteiger partial charge in [-0.05, 0) is 53.6 Å². The lowest BCUT2D eigenvalue weighted by molar-refractivity contribution is 0.0600. The molecule has 5 aromatic rings. The third-order valence-corrected chi connectivity index (χ3v) is 7.41. The van der Waals surface area contributed by atoms with E-state index < -0.39 is 0 Å². The zero-order valence-electron chi connectivity index (χ0n) is 22.2. The number of rotatable bonds is 8. The molecule has 0 spiro atoms. The van der Waals surface area contributed by atoms with E-state index in [9.17, 15) is 14.0 Å². The maximum Gasteiger partial charge on any atom is 0.337 e. The summed E-state index contributed by atoms with van der Waals surface area (Å²) in [6.07, 6.45) is 1.99. The first kappa shape index (κ1) is 27.0. The van der Waals surface area contributed by atoms with Gasteiger partial charge in [0.15, 0.2) is 0 Å². The van der Waals surface area contributed by atoms with Crippen LogP contribution in [-0.2, 0) is 11.3 Å². The molecule has 0 saturated carbocycles. The summed E-state index contributed by atoms with van der Waals surface area (Å²) in [5.41, 5.74) is 5.81. The van der Waals surface area contributed by atoms with Crippen molar-refractivity contribution in [3.63, 3.8) is 0 Å². The minimum atomic E-state index is -0.383. The second-order valence-corrected chi connectivity index (χ2v) is 9.84. The van der Waals surface area contributed by atoms with Crippen molar-refractivity contribution in [2.24, 2.45) is 0 Å². The summed E-state index contributed by atoms with van der Waals surface area (Å²) in [5.74, 6) is -0.672. The van der Waals surface area contributed by atoms with Gasteiger partial charge in [-0.3, -0.25) is 4.79 Å². The van der Waals surface area contributed by atoms with Gasteiger partial charge in [0.2, 0.25) is 0 Å². The van der Waals surface area contributed by atoms with Crippen molar-refractivity contribution in [2.75, 3.05) is 24.7 Å². The summed E-state index contributed by atoms with van der Waals surface area (Å²) in [6.45, 7) is 0.543. The van der Waals surface area contributed by atoms with Crippen LogP contribution in [0.5, 0.6) is 0 Å². The van der Waals surface area contributed by atoms with E-state index in [-0.39, 0.29) is 17.7 Å². The van der Waals surface area contributed by atoms with Gasteiger partial charge in [-0.1, -0.05) is 54.4 Å². The topological polar surface area (TPSA) is 71.8 Å². The van der Waals surface area contributed by atoms with Crippen LogP contribution >= 0.6 is 11.9 Å². The number of benzene rings is 4. The molecule has 0 aliphatic heterocycles. The molecule has 5 rings (SSSR count). The molecule has 0 bridgehead atoms. The number of nitrogens with zero attached hydrogens (tertiary/aromatic N) is 1. The maximum atomic E-state index is 13.7. The fourth-order valence-electron chi connectivity index (χ4n) is 4.62. The van der Waals surface area contributed by atoms with Crippen molar-refractivity contribution in [1.29, 1.82) is 0 Å². The maximum absolute atomic E-state index is 13.7. The fraction of sp³-hybridized carbons (Fsp3) is 0.125. The van der Waals surface area contributed by atoms with Gasteiger partial charge in [0.25, 0.3) is 5.91 Å². The van der Waals surface area contributed by atoms with Gasteiger partial charge >= 0.3 is 5.97 Å². The van der Waals surface area contributed by atoms with Gasteiger partial charge in [-0.2, -0.15) is 0 Å². The Morgan fingerprint density at radius 1 is 0.950 bits per heavy atom. The highest BCUT2D eigenvalue weighted by Gasteiger charge is 2.25. The number of amides is 1. The Labute approximate surface area is 235 Å². The Balaban J connectivity index is 1.67. The molecule has 0 radical (unpaired) electrons. The summed E-state index contributed by atoms with van der Waals surface area (Å²) in [6, 6.07) is 27.1. The summed E-state index contributed by atoms with van der Waals surface area (Å²) in [5, 5.41) is 3.37. The molecule has 40 heavy (non-hydrogen) atoms. The number of esters is 1. The Morgan fingerprint density at radius 3 is 2.27 bits per heavy atom. The van der Waals surface area contributed by atoms with E-state index in [0.717, 1.165) is 22.4 Å². The van der Waals surface area contributed by atoms with Crippen molar-refractivity contribution < 1.29 is 23.1 Å². The molecule has 0 aliphatic carbocycles. The van der Waals surface area contributed by atoms with Crippen LogP contribution in [0.4, 0.5) is 10.1 Å². The van der Waals surface area contributed by atoms with Crippen LogP contribution < -0.4 is 9.62 Å². The van der Waals surface area contributed by atoms with E-state index in [0.29, 0.717) is 40.0 Å². The van der Waals surface area contributed by atoms with E-state index in [1.807, 2.05) is 60.9 Å². The van der Waals surface area contributed by atoms with Crippen molar-refractivity contribution in [1.82, 2.24) is 5.32 Å². The number of carbonyl (C=O) groups excluding carboxylic acids is 2. The average Bonchev–Trinajstić information content (AvgIpc) is 3.38. The molecule has 1 heterocycles. The van der Waals surface area contributed by atoms with Crippen LogP contribution in [0.1, 0.15) is 26.3 Å². The Morgan fingerprint density at radius 2 is 1.65 bits per heavy atom. The van der Waals surface area contributed by atoms with Gasteiger partial charge in [0.05, 0.1) is 30.5 Å². The first-order chi connectivity index (χ1) is 19.4. The number of hydrogen-bond acceptors (Lipinski definition) is 6. The molecule has 202 valence electrons. The molecule has 1 aromatic heterocycles. The van der Waals surface area contributed by atoms with Crippen LogP contribution in [-0.4, -0.2) is 32.3 Å². The number of methoxy groups -OCH3 is 1. The normalized spacial score (nSPS) is 10.9. The smallest absolute Gasteiger partial charge is 0.337 e. The van der Waals surface area contributed by atoms with E-state index >= 15 is 0 Å². The number of hydrogen-bond donors (Lipinski definition) is 1. The summed E-state index contributed by atoms with van der Waals surface area (Å²) < 4.78 is 26.9. The highest BCUT2D eigenvalue weighted by Crippen LogP contribution is 2.42. The van der Waals surface area contributed by atoms with Crippen LogP contribution in [0.2, 0.25) is 0 Å². The van der Waals surface area contributed by atoms with Crippen molar-refractivity contribution in [2.45, 2.75) is 6.54 Å². The zero-order chi connectivity index (χ0) is 28.2. The van der Waals surface area contributed by atoms with Gasteiger partial charge in [-0.25, -0.2) is 9.18 Å². The molecule has 0 atom stereocenters. The van der Waals surface area contributed by atoms with Gasteiger partial charge in [0.1, 0.15) is 17.2 Å². The lowest BCUT2D eigenvalue weighted by Crippen LogP contribution is -2.18. The van der Waals surface area contributed by atoms with E-state index in [1.54, 1.807) is 43.3 Å². The molecule has 0 unspecified atom stereocenters. The number of fused-ring (bicyclic) bond motifs is 1. The molecule has 4 aromatic carbocycles. The number of halogens is 1. The van der Waals surface area contributed by atoms with E-state index in [4.69, 9.17) is 9.15 Å². The molecule has 0 fully saturated rings. The van der Waals surface area contributed by atoms with Gasteiger partial charge in [-0.15, -0.1) is 0 Å². The van der Waals surface area contributed by atoms with Crippen molar-refractivity contribution in [3.05, 3.63) is 114 Å². The quantitative estimate of drug-likeness (QED) is 0.160. The highest BCUT2D eigenvalue weighted by molar-refractivity contribution is 7.99. The lowest BCUT2D eigenvalue weighted by Gasteiger charge is -2.25. The van der Waals surface area contributed by atoms with E-state index in [1.165, 1.54) is 19.2 Å². The van der Waals surface area contributed by atoms with Crippen LogP contribution in [0, 0.1) is 5.82 Å². The number of nitrogens with one attached hydrogen (secondary N) is 1. The summed E-state index contributed by atoms with van der Waals surface area (Å²) in [7, 11) is 2.93. The fourth-order valence-corrected chi connectivity index (χ4v) is 5.25. The average molecular weight is 555 g/mol. The SMILES string of the molecule is CNC(=O)c1c(-c2ccc(F)cc2)oc2cc(N(Cc3ccc(C(=O)OC)cc3)SC)c(-c3ccccc3)cc12. The number of furan rings is 1. The Hall–Kier alpha value is -4.56. The second kappa shape index (κ2) is 11.7. The molecule has 0 saturated heterocycles. The molecule has 8 heteroatoms. The standard InChI is InChI=1S/C32H27FN2O4S/c1-34-31(36)29-26-17-25(21-7-5-4-6-8-21)27(18-28(26)39-30(29)22-13-15-24(33)16-14-22)35(40-3)19-20-9-11-23(12-10-20)32(37)38-2/h4-18H,19H2,1-3H3,(H,34,36). The number of ether oxygens (including phenoxy) is 1. The largest absolute Gasteiger partial charge is 0.465 e. The zero-order valence-corrected chi connectivity index (χ0v) is 23.1. The van der Waals surface area contributed by atoms with Crippen LogP contribution in [0.15, 0.2) is 95.4 Å². The lowest BCUT2D eigenvalue weighted by atomic mass is 9.98. The van der Waals surface area contributed by atoms with E-state index in [2.05, 4.69) is 9.62 Å². The predicted molar refractivity (Wildman–Crippen MR) is 158 cm³/mol. The highest BCUT2D eigenvalue weighted by atomic mass is 32.2. The van der Waals surface area contributed by atoms with Crippen molar-refractivity contribution in [3.8, 4) is 22.5 Å².